The lowest BCUT2D eigenvalue weighted by molar-refractivity contribution is -1.00. The van der Waals surface area contributed by atoms with E-state index in [-0.39, 0.29) is 6.54 Å². The molecule has 1 aliphatic heterocycles. The lowest BCUT2D eigenvalue weighted by Gasteiger charge is -2.27. The van der Waals surface area contributed by atoms with Crippen molar-refractivity contribution in [3.05, 3.63) is 0 Å². The molecule has 1 fully saturated rings. The predicted octanol–water partition coefficient (Wildman–Crippen LogP) is -2.67. The molecule has 0 aromatic rings. The second-order valence-electron chi connectivity index (χ2n) is 4.22. The van der Waals surface area contributed by atoms with E-state index in [9.17, 15) is 21.6 Å². The Labute approximate surface area is 92.9 Å². The molecule has 8 heteroatoms. The third-order valence-corrected chi connectivity index (χ3v) is 4.33. The number of halogens is 3. The summed E-state index contributed by atoms with van der Waals surface area (Å²) in [6, 6.07) is 0. The van der Waals surface area contributed by atoms with Crippen molar-refractivity contribution >= 4 is 9.84 Å². The van der Waals surface area contributed by atoms with Crippen LogP contribution in [-0.2, 0) is 9.84 Å². The molecule has 0 radical (unpaired) electrons. The molecular formula is C8H17F3N2O2S+2. The highest BCUT2D eigenvalue weighted by atomic mass is 32.2. The quantitative estimate of drug-likeness (QED) is 0.583. The van der Waals surface area contributed by atoms with Gasteiger partial charge in [0.1, 0.15) is 31.9 Å². The van der Waals surface area contributed by atoms with Gasteiger partial charge in [-0.15, -0.1) is 0 Å². The van der Waals surface area contributed by atoms with E-state index in [0.29, 0.717) is 0 Å². The zero-order valence-electron chi connectivity index (χ0n) is 9.10. The third kappa shape index (κ3) is 3.60. The largest absolute Gasteiger partial charge is 0.497 e. The van der Waals surface area contributed by atoms with Gasteiger partial charge in [0.15, 0.2) is 0 Å². The molecule has 96 valence electrons. The van der Waals surface area contributed by atoms with Crippen LogP contribution >= 0.6 is 0 Å². The normalized spacial score (nSPS) is 28.0. The summed E-state index contributed by atoms with van der Waals surface area (Å²) in [5.41, 5.74) is -5.11. The molecular weight excluding hydrogens is 245 g/mol. The van der Waals surface area contributed by atoms with Gasteiger partial charge in [-0.1, -0.05) is 0 Å². The molecule has 16 heavy (non-hydrogen) atoms. The van der Waals surface area contributed by atoms with Crippen LogP contribution in [-0.4, -0.2) is 59.5 Å². The number of rotatable bonds is 3. The predicted molar refractivity (Wildman–Crippen MR) is 52.0 cm³/mol. The minimum absolute atomic E-state index is 0.0507. The van der Waals surface area contributed by atoms with Crippen LogP contribution in [0.3, 0.4) is 0 Å². The molecule has 4 nitrogen and oxygen atoms in total. The second-order valence-corrected chi connectivity index (χ2v) is 6.32. The topological polar surface area (TPSA) is 43.0 Å². The smallest absolute Gasteiger partial charge is 0.328 e. The molecule has 0 aliphatic carbocycles. The lowest BCUT2D eigenvalue weighted by Crippen LogP contribution is -3.27. The first-order valence-electron chi connectivity index (χ1n) is 5.16. The summed E-state index contributed by atoms with van der Waals surface area (Å²) in [5, 5.41) is 0. The number of hydrogen-bond donors (Lipinski definition) is 2. The van der Waals surface area contributed by atoms with E-state index in [2.05, 4.69) is 0 Å². The summed E-state index contributed by atoms with van der Waals surface area (Å²) in [4.78, 5) is 2.28. The van der Waals surface area contributed by atoms with Crippen LogP contribution in [0, 0.1) is 0 Å². The molecule has 0 aromatic carbocycles. The van der Waals surface area contributed by atoms with Crippen molar-refractivity contribution in [3.63, 3.8) is 0 Å². The Bertz CT molecular complexity index is 321. The molecule has 1 rings (SSSR count). The maximum absolute atomic E-state index is 12.0. The summed E-state index contributed by atoms with van der Waals surface area (Å²) < 4.78 is 57.8. The highest BCUT2D eigenvalue weighted by Crippen LogP contribution is 2.22. The number of piperazine rings is 1. The van der Waals surface area contributed by atoms with E-state index in [1.54, 1.807) is 0 Å². The molecule has 2 N–H and O–H groups in total. The Kier molecular flexibility index (Phi) is 4.19. The van der Waals surface area contributed by atoms with Crippen LogP contribution in [0.1, 0.15) is 0 Å². The highest BCUT2D eigenvalue weighted by Gasteiger charge is 2.45. The summed E-state index contributed by atoms with van der Waals surface area (Å²) in [6.07, 6.45) is 0. The number of quaternary nitrogens is 2. The Hall–Kier alpha value is -0.340. The zero-order chi connectivity index (χ0) is 12.4. The van der Waals surface area contributed by atoms with Crippen molar-refractivity contribution in [1.82, 2.24) is 0 Å². The molecule has 0 unspecified atom stereocenters. The van der Waals surface area contributed by atoms with Gasteiger partial charge in [-0.25, -0.2) is 8.42 Å². The van der Waals surface area contributed by atoms with Crippen LogP contribution in [0.25, 0.3) is 0 Å². The van der Waals surface area contributed by atoms with Crippen LogP contribution in [0.2, 0.25) is 0 Å². The molecule has 0 bridgehead atoms. The Balaban J connectivity index is 2.41. The monoisotopic (exact) mass is 262 g/mol. The van der Waals surface area contributed by atoms with Gasteiger partial charge in [-0.2, -0.15) is 13.2 Å². The van der Waals surface area contributed by atoms with Gasteiger partial charge in [0.05, 0.1) is 13.6 Å². The summed E-state index contributed by atoms with van der Waals surface area (Å²) in [5.74, 6) is -0.801. The first-order chi connectivity index (χ1) is 7.22. The van der Waals surface area contributed by atoms with Gasteiger partial charge in [0, 0.05) is 0 Å². The minimum atomic E-state index is -5.11. The van der Waals surface area contributed by atoms with Gasteiger partial charge in [0.25, 0.3) is 9.84 Å². The van der Waals surface area contributed by atoms with Crippen molar-refractivity contribution < 1.29 is 31.4 Å². The molecule has 0 aromatic heterocycles. The first kappa shape index (κ1) is 13.7. The van der Waals surface area contributed by atoms with Crippen LogP contribution in [0.5, 0.6) is 0 Å². The van der Waals surface area contributed by atoms with Gasteiger partial charge in [0.2, 0.25) is 0 Å². The summed E-state index contributed by atoms with van der Waals surface area (Å²) in [6.45, 7) is 3.27. The molecule has 0 saturated carbocycles. The van der Waals surface area contributed by atoms with E-state index in [0.717, 1.165) is 31.1 Å². The van der Waals surface area contributed by atoms with E-state index in [1.807, 2.05) is 7.05 Å². The maximum atomic E-state index is 12.0. The highest BCUT2D eigenvalue weighted by molar-refractivity contribution is 7.92. The van der Waals surface area contributed by atoms with E-state index < -0.39 is 21.1 Å². The Morgan fingerprint density at radius 2 is 1.62 bits per heavy atom. The second kappa shape index (κ2) is 4.89. The number of alkyl halides is 3. The van der Waals surface area contributed by atoms with Crippen molar-refractivity contribution in [1.29, 1.82) is 0 Å². The van der Waals surface area contributed by atoms with Crippen molar-refractivity contribution in [2.24, 2.45) is 0 Å². The molecule has 1 heterocycles. The van der Waals surface area contributed by atoms with E-state index >= 15 is 0 Å². The Morgan fingerprint density at radius 1 is 1.12 bits per heavy atom. The van der Waals surface area contributed by atoms with Crippen molar-refractivity contribution in [3.8, 4) is 0 Å². The fraction of sp³-hybridized carbons (Fsp3) is 1.00. The van der Waals surface area contributed by atoms with Crippen molar-refractivity contribution in [2.75, 3.05) is 45.5 Å². The van der Waals surface area contributed by atoms with E-state index in [1.165, 1.54) is 4.90 Å². The lowest BCUT2D eigenvalue weighted by atomic mass is 10.3. The van der Waals surface area contributed by atoms with Crippen LogP contribution in [0.4, 0.5) is 13.2 Å². The molecule has 1 saturated heterocycles. The number of likely N-dealkylation sites (N-methyl/N-ethyl adjacent to an activating group) is 1. The number of nitrogens with one attached hydrogen (secondary N) is 2. The average molecular weight is 262 g/mol. The van der Waals surface area contributed by atoms with Crippen LogP contribution < -0.4 is 9.80 Å². The molecule has 0 atom stereocenters. The SMILES string of the molecule is C[NH+]1CC[NH+](CCS(=O)(=O)C(F)(F)F)CC1. The summed E-state index contributed by atoms with van der Waals surface area (Å²) in [7, 11) is -2.92. The summed E-state index contributed by atoms with van der Waals surface area (Å²) >= 11 is 0. The van der Waals surface area contributed by atoms with Gasteiger partial charge in [-0.05, 0) is 0 Å². The third-order valence-electron chi connectivity index (χ3n) is 2.89. The van der Waals surface area contributed by atoms with Gasteiger partial charge >= 0.3 is 5.51 Å². The maximum Gasteiger partial charge on any atom is 0.497 e. The number of hydrogen-bond acceptors (Lipinski definition) is 2. The Morgan fingerprint density at radius 3 is 2.06 bits per heavy atom. The molecule has 0 spiro atoms. The van der Waals surface area contributed by atoms with E-state index in [4.69, 9.17) is 0 Å². The average Bonchev–Trinajstić information content (AvgIpc) is 2.15. The minimum Gasteiger partial charge on any atom is -0.328 e. The number of sulfone groups is 1. The molecule has 1 aliphatic rings. The van der Waals surface area contributed by atoms with Gasteiger partial charge in [-0.3, -0.25) is 0 Å². The first-order valence-corrected chi connectivity index (χ1v) is 6.81. The van der Waals surface area contributed by atoms with Crippen LogP contribution in [0.15, 0.2) is 0 Å². The van der Waals surface area contributed by atoms with Crippen molar-refractivity contribution in [2.45, 2.75) is 5.51 Å². The fourth-order valence-corrected chi connectivity index (χ4v) is 2.46. The fourth-order valence-electron chi connectivity index (χ4n) is 1.67. The standard InChI is InChI=1S/C8H15F3N2O2S/c1-12-2-4-13(5-3-12)6-7-16(14,15)8(9,10)11/h2-7H2,1H3/p+2. The van der Waals surface area contributed by atoms with Gasteiger partial charge < -0.3 is 9.80 Å². The zero-order valence-corrected chi connectivity index (χ0v) is 9.92. The molecule has 0 amide bonds.